The fraction of sp³-hybridized carbons (Fsp3) is 0.533. The highest BCUT2D eigenvalue weighted by atomic mass is 19.1. The largest absolute Gasteiger partial charge is 0.481 e. The number of carbonyl (C=O) groups is 3. The van der Waals surface area contributed by atoms with Crippen molar-refractivity contribution < 1.29 is 23.9 Å². The molecule has 3 aliphatic rings. The van der Waals surface area contributed by atoms with Gasteiger partial charge in [-0.1, -0.05) is 38.5 Å². The van der Waals surface area contributed by atoms with Crippen LogP contribution in [-0.2, 0) is 14.4 Å². The lowest BCUT2D eigenvalue weighted by molar-refractivity contribution is -0.137. The molecule has 1 aromatic rings. The Labute approximate surface area is 223 Å². The molecule has 0 unspecified atom stereocenters. The van der Waals surface area contributed by atoms with Gasteiger partial charge in [-0.25, -0.2) is 4.39 Å². The fourth-order valence-corrected chi connectivity index (χ4v) is 5.80. The van der Waals surface area contributed by atoms with Crippen molar-refractivity contribution in [1.82, 2.24) is 10.2 Å². The number of nitrogens with zero attached hydrogens (tertiary/aromatic N) is 2. The highest BCUT2D eigenvalue weighted by molar-refractivity contribution is 6.46. The van der Waals surface area contributed by atoms with Gasteiger partial charge in [-0.05, 0) is 80.5 Å². The zero-order valence-electron chi connectivity index (χ0n) is 22.6. The summed E-state index contributed by atoms with van der Waals surface area (Å²) in [6, 6.07) is 5.99. The summed E-state index contributed by atoms with van der Waals surface area (Å²) in [4.78, 5) is 43.6. The van der Waals surface area contributed by atoms with Gasteiger partial charge in [0.25, 0.3) is 5.91 Å². The van der Waals surface area contributed by atoms with Crippen LogP contribution in [0.25, 0.3) is 0 Å². The normalized spacial score (nSPS) is 23.7. The minimum atomic E-state index is -0.946. The lowest BCUT2D eigenvalue weighted by Crippen LogP contribution is -2.50. The van der Waals surface area contributed by atoms with Crippen LogP contribution in [0.15, 0.2) is 52.6 Å². The zero-order chi connectivity index (χ0) is 27.5. The molecule has 2 N–H and O–H groups in total. The molecule has 2 amide bonds. The summed E-state index contributed by atoms with van der Waals surface area (Å²) >= 11 is 0. The SMILES string of the molecule is CC(C)(C)C1CCC2(CC1)N=C(c1ccc(F)cc1)C(=O)N2CCC1=CC=C(C(=O)NCCC(=O)O)CC1. The van der Waals surface area contributed by atoms with Gasteiger partial charge in [-0.3, -0.25) is 19.4 Å². The first-order valence-electron chi connectivity index (χ1n) is 13.5. The summed E-state index contributed by atoms with van der Waals surface area (Å²) in [6.45, 7) is 7.44. The van der Waals surface area contributed by atoms with Crippen LogP contribution in [0.3, 0.4) is 0 Å². The number of carbonyl (C=O) groups excluding carboxylic acids is 2. The smallest absolute Gasteiger partial charge is 0.305 e. The fourth-order valence-electron chi connectivity index (χ4n) is 5.80. The second kappa shape index (κ2) is 11.2. The van der Waals surface area contributed by atoms with Gasteiger partial charge in [0.15, 0.2) is 0 Å². The molecular formula is C30H38FN3O4. The molecule has 1 fully saturated rings. The minimum Gasteiger partial charge on any atom is -0.481 e. The van der Waals surface area contributed by atoms with Gasteiger partial charge in [-0.2, -0.15) is 0 Å². The second-order valence-corrected chi connectivity index (χ2v) is 11.7. The average Bonchev–Trinajstić information content (AvgIpc) is 3.13. The van der Waals surface area contributed by atoms with E-state index >= 15 is 0 Å². The first kappa shape index (κ1) is 27.7. The molecule has 7 nitrogen and oxygen atoms in total. The van der Waals surface area contributed by atoms with Crippen LogP contribution in [-0.4, -0.2) is 52.3 Å². The molecule has 204 valence electrons. The van der Waals surface area contributed by atoms with Crippen molar-refractivity contribution in [3.63, 3.8) is 0 Å². The number of amides is 2. The molecule has 0 radical (unpaired) electrons. The number of benzene rings is 1. The van der Waals surface area contributed by atoms with Crippen molar-refractivity contribution in [2.45, 2.75) is 77.8 Å². The Morgan fingerprint density at radius 1 is 1.13 bits per heavy atom. The average molecular weight is 524 g/mol. The first-order valence-corrected chi connectivity index (χ1v) is 13.5. The van der Waals surface area contributed by atoms with E-state index in [9.17, 15) is 18.8 Å². The molecule has 0 saturated heterocycles. The van der Waals surface area contributed by atoms with E-state index in [0.717, 1.165) is 31.3 Å². The summed E-state index contributed by atoms with van der Waals surface area (Å²) < 4.78 is 13.6. The molecular weight excluding hydrogens is 485 g/mol. The number of allylic oxidation sites excluding steroid dienone is 2. The van der Waals surface area contributed by atoms with Crippen molar-refractivity contribution in [1.29, 1.82) is 0 Å². The number of carboxylic acid groups (broad SMARTS) is 1. The molecule has 1 saturated carbocycles. The van der Waals surface area contributed by atoms with Crippen molar-refractivity contribution in [2.24, 2.45) is 16.3 Å². The number of hydrogen-bond donors (Lipinski definition) is 2. The molecule has 0 atom stereocenters. The third-order valence-electron chi connectivity index (χ3n) is 8.21. The van der Waals surface area contributed by atoms with Crippen LogP contribution >= 0.6 is 0 Å². The summed E-state index contributed by atoms with van der Waals surface area (Å²) in [5.41, 5.74) is 2.49. The Hall–Kier alpha value is -3.29. The Morgan fingerprint density at radius 3 is 2.39 bits per heavy atom. The highest BCUT2D eigenvalue weighted by Gasteiger charge is 2.49. The van der Waals surface area contributed by atoms with Crippen LogP contribution in [0, 0.1) is 17.2 Å². The Kier molecular flexibility index (Phi) is 8.19. The van der Waals surface area contributed by atoms with Crippen molar-refractivity contribution in [2.75, 3.05) is 13.1 Å². The van der Waals surface area contributed by atoms with Gasteiger partial charge in [-0.15, -0.1) is 0 Å². The second-order valence-electron chi connectivity index (χ2n) is 11.7. The van der Waals surface area contributed by atoms with E-state index in [2.05, 4.69) is 26.1 Å². The van der Waals surface area contributed by atoms with E-state index in [-0.39, 0.29) is 36.0 Å². The van der Waals surface area contributed by atoms with Gasteiger partial charge < -0.3 is 15.3 Å². The third kappa shape index (κ3) is 6.22. The number of nitrogens with one attached hydrogen (secondary N) is 1. The third-order valence-corrected chi connectivity index (χ3v) is 8.21. The molecule has 1 heterocycles. The summed E-state index contributed by atoms with van der Waals surface area (Å²) in [6.07, 6.45) is 9.23. The van der Waals surface area contributed by atoms with Crippen LogP contribution in [0.4, 0.5) is 4.39 Å². The van der Waals surface area contributed by atoms with E-state index in [1.165, 1.54) is 12.1 Å². The number of aliphatic imine (C=N–C) groups is 1. The van der Waals surface area contributed by atoms with Crippen LogP contribution in [0.5, 0.6) is 0 Å². The van der Waals surface area contributed by atoms with Crippen LogP contribution in [0.1, 0.15) is 77.7 Å². The van der Waals surface area contributed by atoms with Gasteiger partial charge in [0.2, 0.25) is 5.91 Å². The molecule has 1 aliphatic heterocycles. The summed E-state index contributed by atoms with van der Waals surface area (Å²) in [5.74, 6) is -1.05. The molecule has 1 spiro atoms. The maximum atomic E-state index is 13.7. The number of aliphatic carboxylic acids is 1. The van der Waals surface area contributed by atoms with Crippen LogP contribution < -0.4 is 5.32 Å². The van der Waals surface area contributed by atoms with E-state index in [4.69, 9.17) is 10.1 Å². The van der Waals surface area contributed by atoms with E-state index < -0.39 is 11.6 Å². The maximum absolute atomic E-state index is 13.7. The lowest BCUT2D eigenvalue weighted by atomic mass is 9.69. The Bertz CT molecular complexity index is 1170. The van der Waals surface area contributed by atoms with Crippen molar-refractivity contribution in [3.8, 4) is 0 Å². The summed E-state index contributed by atoms with van der Waals surface area (Å²) in [7, 11) is 0. The zero-order valence-corrected chi connectivity index (χ0v) is 22.6. The number of rotatable bonds is 8. The van der Waals surface area contributed by atoms with E-state index in [1.807, 2.05) is 11.0 Å². The molecule has 8 heteroatoms. The molecule has 38 heavy (non-hydrogen) atoms. The minimum absolute atomic E-state index is 0.101. The van der Waals surface area contributed by atoms with E-state index in [1.54, 1.807) is 18.2 Å². The van der Waals surface area contributed by atoms with Gasteiger partial charge >= 0.3 is 5.97 Å². The van der Waals surface area contributed by atoms with E-state index in [0.29, 0.717) is 48.6 Å². The highest BCUT2D eigenvalue weighted by Crippen LogP contribution is 2.46. The van der Waals surface area contributed by atoms with Crippen LogP contribution in [0.2, 0.25) is 0 Å². The molecule has 2 aliphatic carbocycles. The lowest BCUT2D eigenvalue weighted by Gasteiger charge is -2.45. The first-order chi connectivity index (χ1) is 18.0. The quantitative estimate of drug-likeness (QED) is 0.500. The standard InChI is InChI=1S/C30H38FN3O4/c1-29(2,3)23-12-16-30(17-13-23)33-26(21-8-10-24(31)11-9-21)28(38)34(30)19-15-20-4-6-22(7-5-20)27(37)32-18-14-25(35)36/h4,6,8-11,23H,5,7,12-19H2,1-3H3,(H,32,37)(H,35,36). The Morgan fingerprint density at radius 2 is 1.82 bits per heavy atom. The maximum Gasteiger partial charge on any atom is 0.305 e. The van der Waals surface area contributed by atoms with Crippen molar-refractivity contribution in [3.05, 3.63) is 58.9 Å². The number of hydrogen-bond acceptors (Lipinski definition) is 4. The predicted octanol–water partition coefficient (Wildman–Crippen LogP) is 5.02. The molecule has 0 bridgehead atoms. The number of halogens is 1. The monoisotopic (exact) mass is 523 g/mol. The van der Waals surface area contributed by atoms with Crippen molar-refractivity contribution >= 4 is 23.5 Å². The topological polar surface area (TPSA) is 99.1 Å². The van der Waals surface area contributed by atoms with Gasteiger partial charge in [0.05, 0.1) is 6.42 Å². The van der Waals surface area contributed by atoms with Gasteiger partial charge in [0, 0.05) is 24.2 Å². The molecule has 0 aromatic heterocycles. The molecule has 1 aromatic carbocycles. The summed E-state index contributed by atoms with van der Waals surface area (Å²) in [5, 5.41) is 11.4. The van der Waals surface area contributed by atoms with Gasteiger partial charge in [0.1, 0.15) is 17.2 Å². The number of carboxylic acids is 1. The Balaban J connectivity index is 1.47. The molecule has 4 rings (SSSR count). The predicted molar refractivity (Wildman–Crippen MR) is 144 cm³/mol.